The van der Waals surface area contributed by atoms with Crippen LogP contribution in [0.1, 0.15) is 43.6 Å². The molecule has 152 valence electrons. The van der Waals surface area contributed by atoms with Gasteiger partial charge >= 0.3 is 0 Å². The second-order valence-electron chi connectivity index (χ2n) is 7.10. The van der Waals surface area contributed by atoms with Crippen LogP contribution in [0, 0.1) is 0 Å². The molecular formula is C21H20Cl2N2O3S. The van der Waals surface area contributed by atoms with E-state index in [9.17, 15) is 4.79 Å². The molecule has 1 amide bonds. The highest BCUT2D eigenvalue weighted by Crippen LogP contribution is 2.32. The first-order chi connectivity index (χ1) is 14.0. The molecule has 1 N–H and O–H groups in total. The average Bonchev–Trinajstić information content (AvgIpc) is 3.28. The van der Waals surface area contributed by atoms with E-state index in [1.54, 1.807) is 41.3 Å². The molecule has 29 heavy (non-hydrogen) atoms. The Hall–Kier alpha value is -2.02. The lowest BCUT2D eigenvalue weighted by molar-refractivity contribution is -0.124. The molecule has 1 aliphatic heterocycles. The fourth-order valence-electron chi connectivity index (χ4n) is 3.66. The van der Waals surface area contributed by atoms with E-state index in [1.807, 2.05) is 0 Å². The Morgan fingerprint density at radius 2 is 2.00 bits per heavy atom. The number of carbonyl (C=O) groups excluding carboxylic acids is 1. The van der Waals surface area contributed by atoms with Crippen LogP contribution in [0.2, 0.25) is 10.0 Å². The molecular weight excluding hydrogens is 431 g/mol. The summed E-state index contributed by atoms with van der Waals surface area (Å²) in [6.45, 7) is 0.192. The summed E-state index contributed by atoms with van der Waals surface area (Å²) in [5.41, 5.74) is 0.431. The van der Waals surface area contributed by atoms with Gasteiger partial charge in [-0.1, -0.05) is 48.5 Å². The molecule has 2 aliphatic rings. The fraction of sp³-hybridized carbons (Fsp3) is 0.333. The summed E-state index contributed by atoms with van der Waals surface area (Å²) in [5, 5.41) is 4.29. The lowest BCUT2D eigenvalue weighted by Crippen LogP contribution is -2.41. The first-order valence-electron chi connectivity index (χ1n) is 9.54. The average molecular weight is 451 g/mol. The van der Waals surface area contributed by atoms with E-state index >= 15 is 0 Å². The van der Waals surface area contributed by atoms with Crippen molar-refractivity contribution in [2.45, 2.75) is 44.8 Å². The molecule has 4 rings (SSSR count). The molecule has 0 unspecified atom stereocenters. The molecule has 8 heteroatoms. The normalized spacial score (nSPS) is 19.1. The first kappa shape index (κ1) is 20.3. The number of hydrogen-bond donors (Lipinski definition) is 1. The Balaban J connectivity index is 1.43. The molecule has 1 aliphatic carbocycles. The van der Waals surface area contributed by atoms with Gasteiger partial charge in [-0.15, -0.1) is 0 Å². The van der Waals surface area contributed by atoms with Crippen LogP contribution in [0.5, 0.6) is 5.75 Å². The third-order valence-electron chi connectivity index (χ3n) is 5.10. The second-order valence-corrected chi connectivity index (χ2v) is 8.27. The van der Waals surface area contributed by atoms with Gasteiger partial charge < -0.3 is 14.5 Å². The van der Waals surface area contributed by atoms with Crippen LogP contribution in [-0.4, -0.2) is 22.0 Å². The molecule has 0 radical (unpaired) electrons. The number of carbonyl (C=O) groups is 1. The zero-order chi connectivity index (χ0) is 20.4. The van der Waals surface area contributed by atoms with Gasteiger partial charge in [0.05, 0.1) is 5.02 Å². The third-order valence-corrected chi connectivity index (χ3v) is 6.20. The summed E-state index contributed by atoms with van der Waals surface area (Å²) < 4.78 is 11.4. The Morgan fingerprint density at radius 1 is 1.21 bits per heavy atom. The van der Waals surface area contributed by atoms with Crippen molar-refractivity contribution in [1.82, 2.24) is 10.2 Å². The maximum atomic E-state index is 12.8. The largest absolute Gasteiger partial charge is 0.484 e. The van der Waals surface area contributed by atoms with E-state index in [2.05, 4.69) is 5.32 Å². The minimum Gasteiger partial charge on any atom is -0.484 e. The molecule has 1 aromatic carbocycles. The van der Waals surface area contributed by atoms with E-state index in [0.717, 1.165) is 25.7 Å². The SMILES string of the molecule is O=C1/C(=C\c2ccc(COc3cccc(Cl)c3Cl)o2)NC(=S)N1C1CCCCC1. The maximum absolute atomic E-state index is 12.8. The molecule has 1 saturated heterocycles. The number of benzene rings is 1. The quantitative estimate of drug-likeness (QED) is 0.477. The van der Waals surface area contributed by atoms with E-state index in [1.165, 1.54) is 6.42 Å². The van der Waals surface area contributed by atoms with Crippen LogP contribution < -0.4 is 10.1 Å². The van der Waals surface area contributed by atoms with Gasteiger partial charge in [0.15, 0.2) is 5.11 Å². The highest BCUT2D eigenvalue weighted by molar-refractivity contribution is 7.80. The van der Waals surface area contributed by atoms with Crippen LogP contribution in [0.15, 0.2) is 40.4 Å². The van der Waals surface area contributed by atoms with E-state index < -0.39 is 0 Å². The number of amides is 1. The number of halogens is 2. The van der Waals surface area contributed by atoms with E-state index in [-0.39, 0.29) is 18.6 Å². The molecule has 2 heterocycles. The number of nitrogens with zero attached hydrogens (tertiary/aromatic N) is 1. The highest BCUT2D eigenvalue weighted by atomic mass is 35.5. The summed E-state index contributed by atoms with van der Waals surface area (Å²) in [4.78, 5) is 14.5. The van der Waals surface area contributed by atoms with Crippen LogP contribution >= 0.6 is 35.4 Å². The molecule has 0 bridgehead atoms. The molecule has 2 aromatic rings. The van der Waals surface area contributed by atoms with Gasteiger partial charge in [0.25, 0.3) is 5.91 Å². The van der Waals surface area contributed by atoms with Crippen molar-refractivity contribution in [3.05, 3.63) is 57.6 Å². The third kappa shape index (κ3) is 4.44. The van der Waals surface area contributed by atoms with Crippen molar-refractivity contribution in [1.29, 1.82) is 0 Å². The molecule has 0 atom stereocenters. The van der Waals surface area contributed by atoms with Gasteiger partial charge in [0.1, 0.15) is 34.6 Å². The molecule has 2 fully saturated rings. The number of thiocarbonyl (C=S) groups is 1. The second kappa shape index (κ2) is 8.78. The number of ether oxygens (including phenoxy) is 1. The highest BCUT2D eigenvalue weighted by Gasteiger charge is 2.36. The minimum atomic E-state index is -0.0955. The van der Waals surface area contributed by atoms with Crippen molar-refractivity contribution in [3.63, 3.8) is 0 Å². The predicted octanol–water partition coefficient (Wildman–Crippen LogP) is 5.56. The van der Waals surface area contributed by atoms with Crippen molar-refractivity contribution in [2.24, 2.45) is 0 Å². The van der Waals surface area contributed by atoms with Crippen molar-refractivity contribution < 1.29 is 13.9 Å². The fourth-order valence-corrected chi connectivity index (χ4v) is 4.34. The topological polar surface area (TPSA) is 54.7 Å². The Labute approximate surface area is 184 Å². The van der Waals surface area contributed by atoms with Gasteiger partial charge in [-0.25, -0.2) is 0 Å². The predicted molar refractivity (Wildman–Crippen MR) is 117 cm³/mol. The van der Waals surface area contributed by atoms with Crippen LogP contribution in [0.25, 0.3) is 6.08 Å². The summed E-state index contributed by atoms with van der Waals surface area (Å²) in [6, 6.07) is 8.96. The molecule has 1 saturated carbocycles. The number of rotatable bonds is 5. The molecule has 5 nitrogen and oxygen atoms in total. The number of nitrogens with one attached hydrogen (secondary N) is 1. The van der Waals surface area contributed by atoms with Crippen LogP contribution in [0.3, 0.4) is 0 Å². The standard InChI is InChI=1S/C21H20Cl2N2O3S/c22-16-7-4-8-18(19(16)23)27-12-15-10-9-14(28-15)11-17-20(26)25(21(29)24-17)13-5-2-1-3-6-13/h4,7-11,13H,1-3,5-6,12H2,(H,24,29)/b17-11+. The van der Waals surface area contributed by atoms with Crippen molar-refractivity contribution >= 4 is 52.5 Å². The zero-order valence-corrected chi connectivity index (χ0v) is 17.9. The van der Waals surface area contributed by atoms with Gasteiger partial charge in [-0.05, 0) is 49.3 Å². The lowest BCUT2D eigenvalue weighted by Gasteiger charge is -2.29. The smallest absolute Gasteiger partial charge is 0.276 e. The lowest BCUT2D eigenvalue weighted by atomic mass is 9.94. The van der Waals surface area contributed by atoms with Gasteiger partial charge in [-0.3, -0.25) is 9.69 Å². The summed E-state index contributed by atoms with van der Waals surface area (Å²) >= 11 is 17.5. The molecule has 1 aromatic heterocycles. The Bertz CT molecular complexity index is 967. The van der Waals surface area contributed by atoms with Crippen LogP contribution in [-0.2, 0) is 11.4 Å². The summed E-state index contributed by atoms with van der Waals surface area (Å²) in [5.74, 6) is 1.54. The van der Waals surface area contributed by atoms with Crippen molar-refractivity contribution in [2.75, 3.05) is 0 Å². The van der Waals surface area contributed by atoms with Gasteiger partial charge in [0, 0.05) is 12.1 Å². The number of furan rings is 1. The van der Waals surface area contributed by atoms with Gasteiger partial charge in [-0.2, -0.15) is 0 Å². The Morgan fingerprint density at radius 3 is 2.79 bits per heavy atom. The maximum Gasteiger partial charge on any atom is 0.276 e. The van der Waals surface area contributed by atoms with Gasteiger partial charge in [0.2, 0.25) is 0 Å². The van der Waals surface area contributed by atoms with Crippen molar-refractivity contribution in [3.8, 4) is 5.75 Å². The Kier molecular flexibility index (Phi) is 6.13. The monoisotopic (exact) mass is 450 g/mol. The van der Waals surface area contributed by atoms with Crippen LogP contribution in [0.4, 0.5) is 0 Å². The number of hydrogen-bond acceptors (Lipinski definition) is 4. The minimum absolute atomic E-state index is 0.0955. The zero-order valence-electron chi connectivity index (χ0n) is 15.6. The van der Waals surface area contributed by atoms with E-state index in [4.69, 9.17) is 44.6 Å². The molecule has 0 spiro atoms. The first-order valence-corrected chi connectivity index (χ1v) is 10.7. The summed E-state index contributed by atoms with van der Waals surface area (Å²) in [7, 11) is 0. The summed E-state index contributed by atoms with van der Waals surface area (Å²) in [6.07, 6.45) is 7.15. The van der Waals surface area contributed by atoms with E-state index in [0.29, 0.717) is 38.1 Å².